The Morgan fingerprint density at radius 3 is 3.27 bits per heavy atom. The maximum absolute atomic E-state index is 3.92. The van der Waals surface area contributed by atoms with Gasteiger partial charge in [-0.25, -0.2) is 0 Å². The molecule has 1 aromatic heterocycles. The molecular weight excluding hydrogens is 140 g/mol. The predicted octanol–water partition coefficient (Wildman–Crippen LogP) is -0.112. The van der Waals surface area contributed by atoms with Crippen LogP contribution in [0.25, 0.3) is 0 Å². The monoisotopic (exact) mass is 152 g/mol. The van der Waals surface area contributed by atoms with E-state index in [1.807, 2.05) is 10.9 Å². The molecule has 2 rings (SSSR count). The van der Waals surface area contributed by atoms with E-state index in [2.05, 4.69) is 15.6 Å². The van der Waals surface area contributed by atoms with Crippen molar-refractivity contribution in [3.8, 4) is 0 Å². The molecule has 0 saturated carbocycles. The Balaban J connectivity index is 1.90. The topological polar surface area (TPSA) is 42.7 Å². The van der Waals surface area contributed by atoms with E-state index in [0.717, 1.165) is 25.6 Å². The number of nitrogens with one attached hydrogen (secondary N) is 1. The van der Waals surface area contributed by atoms with Gasteiger partial charge in [0.05, 0.1) is 6.20 Å². The molecule has 0 bridgehead atoms. The van der Waals surface area contributed by atoms with Gasteiger partial charge in [-0.15, -0.1) is 5.10 Å². The maximum Gasteiger partial charge on any atom is 0.0692 e. The highest BCUT2D eigenvalue weighted by atomic mass is 15.4. The standard InChI is InChI=1S/C7H12N4/c1-2-8-5-7(1)6-11-4-3-9-10-11/h3-4,7-8H,1-2,5-6H2. The minimum atomic E-state index is 0.747. The molecule has 1 aliphatic heterocycles. The molecule has 4 heteroatoms. The summed E-state index contributed by atoms with van der Waals surface area (Å²) in [6.45, 7) is 3.28. The third-order valence-corrected chi connectivity index (χ3v) is 2.08. The summed E-state index contributed by atoms with van der Waals surface area (Å²) in [5.74, 6) is 0.747. The van der Waals surface area contributed by atoms with Crippen molar-refractivity contribution >= 4 is 0 Å². The molecule has 1 atom stereocenters. The van der Waals surface area contributed by atoms with Crippen molar-refractivity contribution in [2.45, 2.75) is 13.0 Å². The molecule has 0 aliphatic carbocycles. The number of nitrogens with zero attached hydrogens (tertiary/aromatic N) is 3. The van der Waals surface area contributed by atoms with E-state index in [1.54, 1.807) is 6.20 Å². The van der Waals surface area contributed by atoms with Crippen molar-refractivity contribution in [3.63, 3.8) is 0 Å². The van der Waals surface area contributed by atoms with Gasteiger partial charge in [0.25, 0.3) is 0 Å². The van der Waals surface area contributed by atoms with Gasteiger partial charge in [-0.05, 0) is 25.4 Å². The highest BCUT2D eigenvalue weighted by molar-refractivity contribution is 4.73. The van der Waals surface area contributed by atoms with Gasteiger partial charge in [0.15, 0.2) is 0 Å². The molecule has 1 aliphatic rings. The highest BCUT2D eigenvalue weighted by Gasteiger charge is 2.14. The summed E-state index contributed by atoms with van der Waals surface area (Å²) >= 11 is 0. The zero-order chi connectivity index (χ0) is 7.52. The molecule has 1 saturated heterocycles. The average molecular weight is 152 g/mol. The Bertz CT molecular complexity index is 200. The summed E-state index contributed by atoms with van der Waals surface area (Å²) in [7, 11) is 0. The molecule has 1 N–H and O–H groups in total. The summed E-state index contributed by atoms with van der Waals surface area (Å²) in [5, 5.41) is 11.0. The van der Waals surface area contributed by atoms with E-state index < -0.39 is 0 Å². The highest BCUT2D eigenvalue weighted by Crippen LogP contribution is 2.08. The Kier molecular flexibility index (Phi) is 1.85. The van der Waals surface area contributed by atoms with Crippen LogP contribution in [0.1, 0.15) is 6.42 Å². The number of hydrogen-bond donors (Lipinski definition) is 1. The maximum atomic E-state index is 3.92. The molecule has 2 heterocycles. The minimum absolute atomic E-state index is 0.747. The van der Waals surface area contributed by atoms with Crippen LogP contribution in [0.5, 0.6) is 0 Å². The molecule has 1 aromatic rings. The Hall–Kier alpha value is -0.900. The summed E-state index contributed by atoms with van der Waals surface area (Å²) < 4.78 is 1.90. The molecular formula is C7H12N4. The normalized spacial score (nSPS) is 24.2. The molecule has 0 amide bonds. The van der Waals surface area contributed by atoms with E-state index in [1.165, 1.54) is 6.42 Å². The predicted molar refractivity (Wildman–Crippen MR) is 41.0 cm³/mol. The zero-order valence-electron chi connectivity index (χ0n) is 6.40. The molecule has 4 nitrogen and oxygen atoms in total. The minimum Gasteiger partial charge on any atom is -0.316 e. The molecule has 0 radical (unpaired) electrons. The van der Waals surface area contributed by atoms with Crippen molar-refractivity contribution in [2.24, 2.45) is 5.92 Å². The van der Waals surface area contributed by atoms with E-state index >= 15 is 0 Å². The second-order valence-corrected chi connectivity index (χ2v) is 2.98. The van der Waals surface area contributed by atoms with Crippen LogP contribution in [0.15, 0.2) is 12.4 Å². The molecule has 1 unspecified atom stereocenters. The van der Waals surface area contributed by atoms with Crippen LogP contribution in [0.3, 0.4) is 0 Å². The molecule has 1 fully saturated rings. The van der Waals surface area contributed by atoms with Crippen LogP contribution in [0.4, 0.5) is 0 Å². The summed E-state index contributed by atoms with van der Waals surface area (Å²) in [6.07, 6.45) is 4.90. The smallest absolute Gasteiger partial charge is 0.0692 e. The van der Waals surface area contributed by atoms with Gasteiger partial charge < -0.3 is 5.32 Å². The van der Waals surface area contributed by atoms with Gasteiger partial charge in [0.2, 0.25) is 0 Å². The first-order valence-electron chi connectivity index (χ1n) is 4.00. The molecule has 60 valence electrons. The van der Waals surface area contributed by atoms with E-state index in [4.69, 9.17) is 0 Å². The van der Waals surface area contributed by atoms with Gasteiger partial charge in [0.1, 0.15) is 0 Å². The van der Waals surface area contributed by atoms with E-state index in [0.29, 0.717) is 0 Å². The van der Waals surface area contributed by atoms with Crippen LogP contribution in [-0.4, -0.2) is 28.1 Å². The van der Waals surface area contributed by atoms with Crippen molar-refractivity contribution < 1.29 is 0 Å². The first-order valence-corrected chi connectivity index (χ1v) is 4.00. The van der Waals surface area contributed by atoms with E-state index in [9.17, 15) is 0 Å². The Labute approximate surface area is 65.6 Å². The second kappa shape index (κ2) is 3.00. The average Bonchev–Trinajstić information content (AvgIpc) is 2.60. The lowest BCUT2D eigenvalue weighted by molar-refractivity contribution is 0.441. The fraction of sp³-hybridized carbons (Fsp3) is 0.714. The zero-order valence-corrected chi connectivity index (χ0v) is 6.40. The fourth-order valence-electron chi connectivity index (χ4n) is 1.46. The summed E-state index contributed by atoms with van der Waals surface area (Å²) in [5.41, 5.74) is 0. The van der Waals surface area contributed by atoms with Crippen molar-refractivity contribution in [1.29, 1.82) is 0 Å². The van der Waals surface area contributed by atoms with Crippen molar-refractivity contribution in [3.05, 3.63) is 12.4 Å². The summed E-state index contributed by atoms with van der Waals surface area (Å²) in [4.78, 5) is 0. The Morgan fingerprint density at radius 2 is 2.64 bits per heavy atom. The third-order valence-electron chi connectivity index (χ3n) is 2.08. The quantitative estimate of drug-likeness (QED) is 0.643. The number of aromatic nitrogens is 3. The first kappa shape index (κ1) is 6.79. The molecule has 11 heavy (non-hydrogen) atoms. The van der Waals surface area contributed by atoms with Crippen molar-refractivity contribution in [2.75, 3.05) is 13.1 Å². The number of rotatable bonds is 2. The lowest BCUT2D eigenvalue weighted by Crippen LogP contribution is -2.14. The SMILES string of the molecule is c1cn(CC2CCNC2)nn1. The second-order valence-electron chi connectivity index (χ2n) is 2.98. The van der Waals surface area contributed by atoms with E-state index in [-0.39, 0.29) is 0 Å². The van der Waals surface area contributed by atoms with Crippen molar-refractivity contribution in [1.82, 2.24) is 20.3 Å². The lowest BCUT2D eigenvalue weighted by Gasteiger charge is -2.05. The molecule has 0 spiro atoms. The Morgan fingerprint density at radius 1 is 1.64 bits per heavy atom. The number of hydrogen-bond acceptors (Lipinski definition) is 3. The van der Waals surface area contributed by atoms with Crippen LogP contribution in [0.2, 0.25) is 0 Å². The fourth-order valence-corrected chi connectivity index (χ4v) is 1.46. The van der Waals surface area contributed by atoms with Gasteiger partial charge in [-0.3, -0.25) is 4.68 Å². The summed E-state index contributed by atoms with van der Waals surface area (Å²) in [6, 6.07) is 0. The van der Waals surface area contributed by atoms with Gasteiger partial charge in [0, 0.05) is 12.7 Å². The van der Waals surface area contributed by atoms with Crippen LogP contribution in [0, 0.1) is 5.92 Å². The molecule has 0 aromatic carbocycles. The largest absolute Gasteiger partial charge is 0.316 e. The lowest BCUT2D eigenvalue weighted by atomic mass is 10.1. The van der Waals surface area contributed by atoms with Crippen LogP contribution in [-0.2, 0) is 6.54 Å². The first-order chi connectivity index (χ1) is 5.45. The third kappa shape index (κ3) is 1.57. The van der Waals surface area contributed by atoms with Gasteiger partial charge in [-0.1, -0.05) is 5.21 Å². The van der Waals surface area contributed by atoms with Crippen LogP contribution < -0.4 is 5.32 Å². The van der Waals surface area contributed by atoms with Gasteiger partial charge in [-0.2, -0.15) is 0 Å². The van der Waals surface area contributed by atoms with Crippen LogP contribution >= 0.6 is 0 Å². The van der Waals surface area contributed by atoms with Gasteiger partial charge >= 0.3 is 0 Å².